The summed E-state index contributed by atoms with van der Waals surface area (Å²) in [6, 6.07) is 46.0. The molecule has 0 spiro atoms. The van der Waals surface area contributed by atoms with Gasteiger partial charge in [0.15, 0.2) is 0 Å². The van der Waals surface area contributed by atoms with Gasteiger partial charge in [0.2, 0.25) is 0 Å². The zero-order valence-corrected chi connectivity index (χ0v) is 37.3. The van der Waals surface area contributed by atoms with Crippen LogP contribution in [0.25, 0.3) is 43.9 Å². The van der Waals surface area contributed by atoms with Gasteiger partial charge >= 0.3 is 0 Å². The Bertz CT molecular complexity index is 3290. The highest BCUT2D eigenvalue weighted by Gasteiger charge is 2.44. The van der Waals surface area contributed by atoms with Gasteiger partial charge < -0.3 is 18.6 Å². The van der Waals surface area contributed by atoms with Crippen LogP contribution >= 0.6 is 0 Å². The lowest BCUT2D eigenvalue weighted by Crippen LogP contribution is -2.61. The van der Waals surface area contributed by atoms with E-state index >= 15 is 0 Å². The van der Waals surface area contributed by atoms with Gasteiger partial charge in [-0.25, -0.2) is 0 Å². The highest BCUT2D eigenvalue weighted by Crippen LogP contribution is 2.48. The largest absolute Gasteiger partial charge is 0.456 e. The van der Waals surface area contributed by atoms with Crippen LogP contribution in [0.2, 0.25) is 0 Å². The smallest absolute Gasteiger partial charge is 0.252 e. The fraction of sp³-hybridized carbons (Fsp3) is 0.250. The minimum atomic E-state index is -0.0374. The second kappa shape index (κ2) is 12.7. The van der Waals surface area contributed by atoms with E-state index in [2.05, 4.69) is 207 Å². The molecule has 9 aromatic rings. The number of furan rings is 2. The van der Waals surface area contributed by atoms with Crippen LogP contribution in [0.5, 0.6) is 0 Å². The summed E-state index contributed by atoms with van der Waals surface area (Å²) in [4.78, 5) is 5.04. The van der Waals surface area contributed by atoms with Gasteiger partial charge in [-0.05, 0) is 154 Å². The van der Waals surface area contributed by atoms with Crippen molar-refractivity contribution in [3.05, 3.63) is 149 Å². The Balaban J connectivity index is 1.24. The van der Waals surface area contributed by atoms with Crippen molar-refractivity contribution in [2.45, 2.75) is 92.4 Å². The van der Waals surface area contributed by atoms with Crippen molar-refractivity contribution in [1.82, 2.24) is 0 Å². The highest BCUT2D eigenvalue weighted by atomic mass is 16.3. The van der Waals surface area contributed by atoms with Crippen LogP contribution in [0.1, 0.15) is 90.1 Å². The molecule has 4 nitrogen and oxygen atoms in total. The highest BCUT2D eigenvalue weighted by molar-refractivity contribution is 7.00. The Kier molecular flexibility index (Phi) is 7.85. The van der Waals surface area contributed by atoms with Gasteiger partial charge in [0.25, 0.3) is 6.71 Å². The third kappa shape index (κ3) is 5.80. The Labute approximate surface area is 359 Å². The molecule has 11 rings (SSSR count). The fourth-order valence-corrected chi connectivity index (χ4v) is 10.0. The normalized spacial score (nSPS) is 14.0. The molecule has 2 aliphatic heterocycles. The first-order valence-corrected chi connectivity index (χ1v) is 21.9. The minimum Gasteiger partial charge on any atom is -0.456 e. The average molecular weight is 797 g/mol. The molecule has 7 aromatic carbocycles. The molecule has 0 N–H and O–H groups in total. The number of hydrogen-bond acceptors (Lipinski definition) is 4. The molecule has 61 heavy (non-hydrogen) atoms. The molecule has 0 saturated heterocycles. The summed E-state index contributed by atoms with van der Waals surface area (Å²) >= 11 is 0. The van der Waals surface area contributed by atoms with Gasteiger partial charge in [-0.1, -0.05) is 104 Å². The van der Waals surface area contributed by atoms with Crippen LogP contribution in [0.3, 0.4) is 0 Å². The van der Waals surface area contributed by atoms with E-state index < -0.39 is 0 Å². The van der Waals surface area contributed by atoms with E-state index in [1.807, 2.05) is 0 Å². The molecule has 0 saturated carbocycles. The molecule has 0 fully saturated rings. The maximum absolute atomic E-state index is 6.75. The number of benzene rings is 7. The van der Waals surface area contributed by atoms with E-state index in [9.17, 15) is 0 Å². The monoisotopic (exact) mass is 796 g/mol. The van der Waals surface area contributed by atoms with E-state index in [-0.39, 0.29) is 23.0 Å². The molecule has 302 valence electrons. The zero-order chi connectivity index (χ0) is 42.5. The van der Waals surface area contributed by atoms with Gasteiger partial charge in [0, 0.05) is 55.7 Å². The van der Waals surface area contributed by atoms with Crippen LogP contribution in [0, 0.1) is 13.8 Å². The summed E-state index contributed by atoms with van der Waals surface area (Å²) in [5.74, 6) is 0. The maximum atomic E-state index is 6.75. The van der Waals surface area contributed by atoms with Crippen molar-refractivity contribution in [1.29, 1.82) is 0 Å². The average Bonchev–Trinajstić information content (AvgIpc) is 3.75. The zero-order valence-electron chi connectivity index (χ0n) is 37.3. The lowest BCUT2D eigenvalue weighted by molar-refractivity contribution is 0.590. The molecule has 0 bridgehead atoms. The predicted octanol–water partition coefficient (Wildman–Crippen LogP) is 14.1. The molecule has 0 atom stereocenters. The van der Waals surface area contributed by atoms with Crippen molar-refractivity contribution in [2.75, 3.05) is 9.80 Å². The van der Waals surface area contributed by atoms with Crippen LogP contribution in [-0.2, 0) is 16.2 Å². The van der Waals surface area contributed by atoms with E-state index in [0.29, 0.717) is 0 Å². The number of anilines is 6. The summed E-state index contributed by atoms with van der Waals surface area (Å²) in [5.41, 5.74) is 20.9. The van der Waals surface area contributed by atoms with Gasteiger partial charge in [-0.3, -0.25) is 0 Å². The lowest BCUT2D eigenvalue weighted by atomic mass is 9.33. The second-order valence-corrected chi connectivity index (χ2v) is 20.9. The molecular weight excluding hydrogens is 743 g/mol. The van der Waals surface area contributed by atoms with E-state index in [1.165, 1.54) is 67.0 Å². The topological polar surface area (TPSA) is 32.8 Å². The van der Waals surface area contributed by atoms with Crippen LogP contribution < -0.4 is 26.2 Å². The quantitative estimate of drug-likeness (QED) is 0.163. The summed E-state index contributed by atoms with van der Waals surface area (Å²) in [7, 11) is 0. The first kappa shape index (κ1) is 37.8. The number of aryl methyl sites for hydroxylation is 2. The first-order valence-electron chi connectivity index (χ1n) is 21.9. The van der Waals surface area contributed by atoms with Crippen LogP contribution in [0.15, 0.2) is 130 Å². The lowest BCUT2D eigenvalue weighted by Gasteiger charge is -2.44. The summed E-state index contributed by atoms with van der Waals surface area (Å²) < 4.78 is 13.3. The Hall–Kier alpha value is -6.20. The van der Waals surface area contributed by atoms with Gasteiger partial charge in [0.05, 0.1) is 0 Å². The standard InChI is InChI=1S/C56H53BN2O2/c1-32-12-21-49-39(24-32)42-30-46-44(31-52(42)61-49)57-43-28-36(56(9,10)11)15-20-45(43)58(37-17-13-34(14-18-37)54(3,4)5)47-25-33(2)26-48(53(47)57)59(46)38-19-23-51-41(29-38)40-27-35(55(6,7)8)16-22-50(40)60-51/h12-31H,1-11H3. The van der Waals surface area contributed by atoms with E-state index in [4.69, 9.17) is 8.83 Å². The first-order chi connectivity index (χ1) is 28.9. The Morgan fingerprint density at radius 2 is 0.869 bits per heavy atom. The summed E-state index contributed by atoms with van der Waals surface area (Å²) in [6.07, 6.45) is 0. The number of nitrogens with zero attached hydrogens (tertiary/aromatic N) is 2. The predicted molar refractivity (Wildman–Crippen MR) is 261 cm³/mol. The molecule has 2 aliphatic rings. The third-order valence-corrected chi connectivity index (χ3v) is 13.4. The van der Waals surface area contributed by atoms with Gasteiger partial charge in [-0.2, -0.15) is 0 Å². The molecule has 0 amide bonds. The minimum absolute atomic E-state index is 0.00995. The van der Waals surface area contributed by atoms with Gasteiger partial charge in [-0.15, -0.1) is 0 Å². The van der Waals surface area contributed by atoms with Gasteiger partial charge in [0.1, 0.15) is 22.3 Å². The van der Waals surface area contributed by atoms with Crippen LogP contribution in [-0.4, -0.2) is 6.71 Å². The molecule has 0 aliphatic carbocycles. The van der Waals surface area contributed by atoms with Crippen molar-refractivity contribution >= 4 is 101 Å². The fourth-order valence-electron chi connectivity index (χ4n) is 10.0. The van der Waals surface area contributed by atoms with Crippen molar-refractivity contribution in [3.63, 3.8) is 0 Å². The van der Waals surface area contributed by atoms with Crippen molar-refractivity contribution in [3.8, 4) is 0 Å². The SMILES string of the molecule is Cc1cc2c3c(c1)N(c1ccc4oc5ccc(C(C)(C)C)cc5c4c1)c1cc4c(cc1B3c1cc(C(C)(C)C)ccc1N2c1ccc(C(C)(C)C)cc1)oc1ccc(C)cc14. The molecular formula is C56H53BN2O2. The van der Waals surface area contributed by atoms with Crippen LogP contribution in [0.4, 0.5) is 34.1 Å². The number of hydrogen-bond donors (Lipinski definition) is 0. The molecule has 5 heteroatoms. The van der Waals surface area contributed by atoms with E-state index in [0.717, 1.165) is 55.3 Å². The summed E-state index contributed by atoms with van der Waals surface area (Å²) in [5, 5.41) is 4.53. The molecule has 2 aromatic heterocycles. The number of fused-ring (bicyclic) bond motifs is 10. The molecule has 4 heterocycles. The van der Waals surface area contributed by atoms with Crippen molar-refractivity contribution in [2.24, 2.45) is 0 Å². The Morgan fingerprint density at radius 3 is 1.54 bits per heavy atom. The summed E-state index contributed by atoms with van der Waals surface area (Å²) in [6.45, 7) is 25.0. The Morgan fingerprint density at radius 1 is 0.377 bits per heavy atom. The maximum Gasteiger partial charge on any atom is 0.252 e. The number of rotatable bonds is 2. The van der Waals surface area contributed by atoms with E-state index in [1.54, 1.807) is 0 Å². The molecule has 0 unspecified atom stereocenters. The van der Waals surface area contributed by atoms with Crippen molar-refractivity contribution < 1.29 is 8.83 Å². The molecule has 0 radical (unpaired) electrons. The second-order valence-electron chi connectivity index (χ2n) is 20.9. The third-order valence-electron chi connectivity index (χ3n) is 13.4.